The largest absolute Gasteiger partial charge is 0.399 e. The smallest absolute Gasteiger partial charge is 0.111 e. The van der Waals surface area contributed by atoms with Crippen LogP contribution in [0.1, 0.15) is 32.1 Å². The van der Waals surface area contributed by atoms with Crippen LogP contribution in [0, 0.1) is 0 Å². The van der Waals surface area contributed by atoms with E-state index < -0.39 is 0 Å². The molecule has 5 nitrogen and oxygen atoms in total. The Kier molecular flexibility index (Phi) is 3.61. The molecule has 0 saturated heterocycles. The van der Waals surface area contributed by atoms with Gasteiger partial charge in [0, 0.05) is 17.4 Å². The zero-order valence-corrected chi connectivity index (χ0v) is 13.1. The van der Waals surface area contributed by atoms with E-state index in [0.29, 0.717) is 6.04 Å². The minimum absolute atomic E-state index is 0.622. The zero-order valence-electron chi connectivity index (χ0n) is 13.1. The first-order valence-electron chi connectivity index (χ1n) is 8.32. The fraction of sp³-hybridized carbons (Fsp3) is 0.333. The average molecular weight is 308 g/mol. The maximum absolute atomic E-state index is 5.82. The van der Waals surface area contributed by atoms with Crippen molar-refractivity contribution in [2.75, 3.05) is 21.6 Å². The Balaban J connectivity index is 1.42. The molecule has 2 aromatic carbocycles. The molecule has 4 N–H and O–H groups in total. The van der Waals surface area contributed by atoms with Crippen molar-refractivity contribution in [2.45, 2.75) is 38.1 Å². The van der Waals surface area contributed by atoms with Gasteiger partial charge in [0.1, 0.15) is 5.69 Å². The molecule has 1 fully saturated rings. The summed E-state index contributed by atoms with van der Waals surface area (Å²) in [5.74, 6) is 0. The van der Waals surface area contributed by atoms with Crippen LogP contribution in [0.25, 0.3) is 0 Å². The van der Waals surface area contributed by atoms with E-state index in [1.165, 1.54) is 37.8 Å². The summed E-state index contributed by atoms with van der Waals surface area (Å²) in [7, 11) is 0. The van der Waals surface area contributed by atoms with Crippen LogP contribution < -0.4 is 27.0 Å². The number of fused-ring (bicyclic) bond motifs is 1. The van der Waals surface area contributed by atoms with Crippen LogP contribution in [-0.2, 0) is 0 Å². The quantitative estimate of drug-likeness (QED) is 0.749. The van der Waals surface area contributed by atoms with E-state index in [0.717, 1.165) is 22.7 Å². The second kappa shape index (κ2) is 5.91. The molecule has 1 saturated carbocycles. The molecule has 5 heteroatoms. The van der Waals surface area contributed by atoms with Crippen LogP contribution in [-0.4, -0.2) is 6.04 Å². The van der Waals surface area contributed by atoms with Crippen LogP contribution in [0.15, 0.2) is 42.5 Å². The van der Waals surface area contributed by atoms with Gasteiger partial charge in [-0.25, -0.2) is 0 Å². The van der Waals surface area contributed by atoms with Crippen molar-refractivity contribution in [2.24, 2.45) is 0 Å². The van der Waals surface area contributed by atoms with Crippen molar-refractivity contribution >= 4 is 28.4 Å². The van der Waals surface area contributed by atoms with Crippen LogP contribution >= 0.6 is 0 Å². The molecule has 119 valence electrons. The van der Waals surface area contributed by atoms with Crippen LogP contribution in [0.4, 0.5) is 28.4 Å². The Labute approximate surface area is 136 Å². The average Bonchev–Trinajstić information content (AvgIpc) is 2.99. The summed E-state index contributed by atoms with van der Waals surface area (Å²) < 4.78 is 0. The number of nitrogens with zero attached hydrogens (tertiary/aromatic N) is 2. The summed E-state index contributed by atoms with van der Waals surface area (Å²) in [6, 6.07) is 14.7. The Morgan fingerprint density at radius 2 is 1.83 bits per heavy atom. The lowest BCUT2D eigenvalue weighted by molar-refractivity contribution is 0.463. The number of hydrogen-bond donors (Lipinski definition) is 3. The minimum atomic E-state index is 0.622. The monoisotopic (exact) mass is 308 g/mol. The second-order valence-electron chi connectivity index (χ2n) is 6.33. The van der Waals surface area contributed by atoms with Gasteiger partial charge in [0.15, 0.2) is 0 Å². The van der Waals surface area contributed by atoms with Crippen molar-refractivity contribution < 1.29 is 0 Å². The van der Waals surface area contributed by atoms with Crippen molar-refractivity contribution in [1.29, 1.82) is 0 Å². The van der Waals surface area contributed by atoms with E-state index in [1.54, 1.807) is 5.12 Å². The molecule has 0 amide bonds. The normalized spacial score (nSPS) is 17.3. The molecule has 1 aliphatic carbocycles. The second-order valence-corrected chi connectivity index (χ2v) is 6.33. The molecule has 2 aromatic rings. The first kappa shape index (κ1) is 14.1. The summed E-state index contributed by atoms with van der Waals surface area (Å²) in [6.07, 6.45) is 6.62. The van der Waals surface area contributed by atoms with E-state index >= 15 is 0 Å². The van der Waals surface area contributed by atoms with Gasteiger partial charge < -0.3 is 11.1 Å². The lowest BCUT2D eigenvalue weighted by Crippen LogP contribution is -2.28. The van der Waals surface area contributed by atoms with Crippen molar-refractivity contribution in [3.63, 3.8) is 0 Å². The number of nitrogen functional groups attached to an aromatic ring is 1. The van der Waals surface area contributed by atoms with Crippen LogP contribution in [0.3, 0.4) is 0 Å². The number of rotatable bonds is 3. The maximum atomic E-state index is 5.82. The summed E-state index contributed by atoms with van der Waals surface area (Å²) in [4.78, 5) is 0. The zero-order chi connectivity index (χ0) is 15.6. The molecule has 0 unspecified atom stereocenters. The molecule has 0 aromatic heterocycles. The molecule has 0 atom stereocenters. The van der Waals surface area contributed by atoms with Gasteiger partial charge in [0.25, 0.3) is 0 Å². The molecule has 4 rings (SSSR count). The molecule has 2 aliphatic rings. The maximum Gasteiger partial charge on any atom is 0.111 e. The summed E-state index contributed by atoms with van der Waals surface area (Å²) >= 11 is 0. The number of hydrazine groups is 1. The van der Waals surface area contributed by atoms with Crippen LogP contribution in [0.5, 0.6) is 0 Å². The van der Waals surface area contributed by atoms with E-state index in [2.05, 4.69) is 40.4 Å². The SMILES string of the molecule is Nc1ccc2c(c1)NN(c1ccc(NC3CCCCC3)cc1)[N]2. The van der Waals surface area contributed by atoms with Gasteiger partial charge in [-0.2, -0.15) is 10.5 Å². The van der Waals surface area contributed by atoms with E-state index in [9.17, 15) is 0 Å². The summed E-state index contributed by atoms with van der Waals surface area (Å²) in [6.45, 7) is 0. The molecule has 1 heterocycles. The van der Waals surface area contributed by atoms with Gasteiger partial charge in [0.2, 0.25) is 0 Å². The Morgan fingerprint density at radius 1 is 1.04 bits per heavy atom. The molecular weight excluding hydrogens is 286 g/mol. The topological polar surface area (TPSA) is 67.4 Å². The standard InChI is InChI=1S/C18H22N5/c19-13-6-11-17-18(12-13)22-23(21-17)16-9-7-15(8-10-16)20-14-4-2-1-3-5-14/h6-12,14,20,22H,1-5,19H2. The minimum Gasteiger partial charge on any atom is -0.399 e. The van der Waals surface area contributed by atoms with Gasteiger partial charge in [0.05, 0.1) is 11.4 Å². The third-order valence-corrected chi connectivity index (χ3v) is 4.54. The highest BCUT2D eigenvalue weighted by atomic mass is 15.8. The molecule has 23 heavy (non-hydrogen) atoms. The van der Waals surface area contributed by atoms with Crippen molar-refractivity contribution in [1.82, 2.24) is 5.43 Å². The lowest BCUT2D eigenvalue weighted by atomic mass is 9.95. The Bertz CT molecular complexity index is 676. The van der Waals surface area contributed by atoms with E-state index in [-0.39, 0.29) is 0 Å². The fourth-order valence-corrected chi connectivity index (χ4v) is 3.28. The number of anilines is 4. The Morgan fingerprint density at radius 3 is 2.61 bits per heavy atom. The third-order valence-electron chi connectivity index (χ3n) is 4.54. The predicted molar refractivity (Wildman–Crippen MR) is 95.7 cm³/mol. The summed E-state index contributed by atoms with van der Waals surface area (Å²) in [5.41, 5.74) is 18.4. The molecular formula is C18H22N5. The van der Waals surface area contributed by atoms with Crippen LogP contribution in [0.2, 0.25) is 0 Å². The highest BCUT2D eigenvalue weighted by Crippen LogP contribution is 2.33. The predicted octanol–water partition coefficient (Wildman–Crippen LogP) is 4.01. The lowest BCUT2D eigenvalue weighted by Gasteiger charge is -2.24. The molecule has 0 bridgehead atoms. The molecule has 1 aliphatic heterocycles. The van der Waals surface area contributed by atoms with Crippen molar-refractivity contribution in [3.05, 3.63) is 42.5 Å². The Hall–Kier alpha value is -2.56. The third kappa shape index (κ3) is 2.99. The van der Waals surface area contributed by atoms with E-state index in [1.807, 2.05) is 18.2 Å². The highest BCUT2D eigenvalue weighted by molar-refractivity contribution is 5.77. The number of nitrogens with one attached hydrogen (secondary N) is 2. The van der Waals surface area contributed by atoms with Gasteiger partial charge in [-0.05, 0) is 55.3 Å². The van der Waals surface area contributed by atoms with E-state index in [4.69, 9.17) is 5.73 Å². The molecule has 0 spiro atoms. The summed E-state index contributed by atoms with van der Waals surface area (Å²) in [5, 5.41) is 5.42. The van der Waals surface area contributed by atoms with Gasteiger partial charge in [-0.1, -0.05) is 19.3 Å². The van der Waals surface area contributed by atoms with Gasteiger partial charge >= 0.3 is 0 Å². The molecule has 1 radical (unpaired) electrons. The number of nitrogens with two attached hydrogens (primary N) is 1. The highest BCUT2D eigenvalue weighted by Gasteiger charge is 2.20. The first-order valence-corrected chi connectivity index (χ1v) is 8.32. The van der Waals surface area contributed by atoms with Gasteiger partial charge in [-0.15, -0.1) is 0 Å². The van der Waals surface area contributed by atoms with Gasteiger partial charge in [-0.3, -0.25) is 5.43 Å². The van der Waals surface area contributed by atoms with Crippen molar-refractivity contribution in [3.8, 4) is 0 Å². The number of benzene rings is 2. The number of hydrogen-bond acceptors (Lipinski definition) is 4. The first-order chi connectivity index (χ1) is 11.3. The fourth-order valence-electron chi connectivity index (χ4n) is 3.28.